The van der Waals surface area contributed by atoms with Gasteiger partial charge in [0.1, 0.15) is 12.4 Å². The first kappa shape index (κ1) is 10.9. The van der Waals surface area contributed by atoms with Crippen LogP contribution in [0.5, 0.6) is 5.75 Å². The Balaban J connectivity index is 2.94. The van der Waals surface area contributed by atoms with E-state index < -0.39 is 0 Å². The summed E-state index contributed by atoms with van der Waals surface area (Å²) >= 11 is 14.9. The molecular formula is C9H7BrCl2O. The minimum Gasteiger partial charge on any atom is -0.488 e. The molecule has 1 aromatic rings. The molecule has 0 amide bonds. The summed E-state index contributed by atoms with van der Waals surface area (Å²) in [5.74, 6) is 0.661. The van der Waals surface area contributed by atoms with E-state index in [0.717, 1.165) is 4.47 Å². The van der Waals surface area contributed by atoms with Gasteiger partial charge in [0.2, 0.25) is 0 Å². The highest BCUT2D eigenvalue weighted by molar-refractivity contribution is 9.10. The lowest BCUT2D eigenvalue weighted by Gasteiger charge is -2.06. The molecule has 0 bridgehead atoms. The highest BCUT2D eigenvalue weighted by Gasteiger charge is 2.05. The van der Waals surface area contributed by atoms with Crippen molar-refractivity contribution in [1.29, 1.82) is 0 Å². The minimum atomic E-state index is 0.441. The molecule has 0 heterocycles. The molecule has 4 heteroatoms. The molecule has 1 rings (SSSR count). The number of rotatable bonds is 3. The lowest BCUT2D eigenvalue weighted by atomic mass is 10.3. The van der Waals surface area contributed by atoms with Gasteiger partial charge in [-0.25, -0.2) is 0 Å². The van der Waals surface area contributed by atoms with Crippen LogP contribution in [0.3, 0.4) is 0 Å². The molecule has 70 valence electrons. The second-order valence-corrected chi connectivity index (χ2v) is 3.97. The molecule has 0 aliphatic heterocycles. The van der Waals surface area contributed by atoms with Crippen LogP contribution in [0.25, 0.3) is 0 Å². The fraction of sp³-hybridized carbons (Fsp3) is 0.111. The van der Waals surface area contributed by atoms with E-state index in [-0.39, 0.29) is 0 Å². The summed E-state index contributed by atoms with van der Waals surface area (Å²) < 4.78 is 6.09. The van der Waals surface area contributed by atoms with Gasteiger partial charge < -0.3 is 4.74 Å². The third-order valence-corrected chi connectivity index (χ3v) is 2.67. The van der Waals surface area contributed by atoms with Crippen LogP contribution in [-0.4, -0.2) is 6.61 Å². The SMILES string of the molecule is C=CCOc1cc(Cl)c(Cl)cc1Br. The third kappa shape index (κ3) is 2.90. The van der Waals surface area contributed by atoms with Crippen LogP contribution < -0.4 is 4.74 Å². The Morgan fingerprint density at radius 1 is 1.38 bits per heavy atom. The van der Waals surface area contributed by atoms with Crippen molar-refractivity contribution in [2.24, 2.45) is 0 Å². The second kappa shape index (κ2) is 4.89. The predicted octanol–water partition coefficient (Wildman–Crippen LogP) is 4.32. The maximum atomic E-state index is 5.81. The van der Waals surface area contributed by atoms with E-state index in [9.17, 15) is 0 Å². The van der Waals surface area contributed by atoms with Crippen molar-refractivity contribution < 1.29 is 4.74 Å². The van der Waals surface area contributed by atoms with Crippen LogP contribution in [0, 0.1) is 0 Å². The van der Waals surface area contributed by atoms with Crippen LogP contribution in [0.2, 0.25) is 10.0 Å². The molecule has 0 atom stereocenters. The molecule has 0 aliphatic rings. The zero-order chi connectivity index (χ0) is 9.84. The molecule has 0 N–H and O–H groups in total. The van der Waals surface area contributed by atoms with E-state index in [0.29, 0.717) is 22.4 Å². The molecule has 0 spiro atoms. The highest BCUT2D eigenvalue weighted by Crippen LogP contribution is 2.33. The fourth-order valence-electron chi connectivity index (χ4n) is 0.764. The lowest BCUT2D eigenvalue weighted by Crippen LogP contribution is -1.93. The van der Waals surface area contributed by atoms with Gasteiger partial charge in [-0.15, -0.1) is 0 Å². The van der Waals surface area contributed by atoms with E-state index >= 15 is 0 Å². The molecule has 0 saturated carbocycles. The maximum Gasteiger partial charge on any atom is 0.135 e. The van der Waals surface area contributed by atoms with Gasteiger partial charge in [0.05, 0.1) is 14.5 Å². The Bertz CT molecular complexity index is 326. The van der Waals surface area contributed by atoms with E-state index in [1.165, 1.54) is 0 Å². The summed E-state index contributed by atoms with van der Waals surface area (Å²) in [7, 11) is 0. The van der Waals surface area contributed by atoms with Crippen molar-refractivity contribution in [2.45, 2.75) is 0 Å². The number of halogens is 3. The molecule has 1 aromatic carbocycles. The smallest absolute Gasteiger partial charge is 0.135 e. The van der Waals surface area contributed by atoms with Gasteiger partial charge in [-0.3, -0.25) is 0 Å². The molecule has 0 fully saturated rings. The Hall–Kier alpha value is -0.180. The van der Waals surface area contributed by atoms with E-state index in [2.05, 4.69) is 22.5 Å². The van der Waals surface area contributed by atoms with Gasteiger partial charge in [0.25, 0.3) is 0 Å². The van der Waals surface area contributed by atoms with Gasteiger partial charge in [-0.2, -0.15) is 0 Å². The Labute approximate surface area is 95.4 Å². The summed E-state index contributed by atoms with van der Waals surface area (Å²) in [4.78, 5) is 0. The standard InChI is InChI=1S/C9H7BrCl2O/c1-2-3-13-9-5-8(12)7(11)4-6(9)10/h2,4-5H,1,3H2. The van der Waals surface area contributed by atoms with Gasteiger partial charge >= 0.3 is 0 Å². The Kier molecular flexibility index (Phi) is 4.10. The van der Waals surface area contributed by atoms with Crippen molar-refractivity contribution in [1.82, 2.24) is 0 Å². The number of hydrogen-bond acceptors (Lipinski definition) is 1. The quantitative estimate of drug-likeness (QED) is 0.592. The van der Waals surface area contributed by atoms with E-state index in [1.54, 1.807) is 18.2 Å². The minimum absolute atomic E-state index is 0.441. The van der Waals surface area contributed by atoms with Crippen LogP contribution in [0.4, 0.5) is 0 Å². The summed E-state index contributed by atoms with van der Waals surface area (Å²) in [6, 6.07) is 3.36. The van der Waals surface area contributed by atoms with Crippen molar-refractivity contribution in [2.75, 3.05) is 6.61 Å². The monoisotopic (exact) mass is 280 g/mol. The van der Waals surface area contributed by atoms with Crippen molar-refractivity contribution in [3.05, 3.63) is 39.3 Å². The molecular weight excluding hydrogens is 275 g/mol. The second-order valence-electron chi connectivity index (χ2n) is 2.30. The zero-order valence-corrected chi connectivity index (χ0v) is 9.79. The molecule has 0 aliphatic carbocycles. The topological polar surface area (TPSA) is 9.23 Å². The molecule has 1 nitrogen and oxygen atoms in total. The van der Waals surface area contributed by atoms with E-state index in [4.69, 9.17) is 27.9 Å². The van der Waals surface area contributed by atoms with Crippen LogP contribution in [0.1, 0.15) is 0 Å². The summed E-state index contributed by atoms with van der Waals surface area (Å²) in [6.07, 6.45) is 1.66. The largest absolute Gasteiger partial charge is 0.488 e. The van der Waals surface area contributed by atoms with Crippen molar-refractivity contribution in [3.63, 3.8) is 0 Å². The zero-order valence-electron chi connectivity index (χ0n) is 6.69. The predicted molar refractivity (Wildman–Crippen MR) is 59.9 cm³/mol. The fourth-order valence-corrected chi connectivity index (χ4v) is 1.67. The average molecular weight is 282 g/mol. The van der Waals surface area contributed by atoms with Gasteiger partial charge in [0.15, 0.2) is 0 Å². The molecule has 0 saturated heterocycles. The molecule has 13 heavy (non-hydrogen) atoms. The van der Waals surface area contributed by atoms with Crippen LogP contribution >= 0.6 is 39.1 Å². The van der Waals surface area contributed by atoms with Crippen LogP contribution in [0.15, 0.2) is 29.3 Å². The van der Waals surface area contributed by atoms with Crippen molar-refractivity contribution in [3.8, 4) is 5.75 Å². The Morgan fingerprint density at radius 3 is 2.62 bits per heavy atom. The first-order chi connectivity index (χ1) is 6.15. The number of hydrogen-bond donors (Lipinski definition) is 0. The average Bonchev–Trinajstić information content (AvgIpc) is 2.09. The normalized spacial score (nSPS) is 9.77. The first-order valence-corrected chi connectivity index (χ1v) is 5.08. The summed E-state index contributed by atoms with van der Waals surface area (Å²) in [5, 5.41) is 0.975. The summed E-state index contributed by atoms with van der Waals surface area (Å²) in [5.41, 5.74) is 0. The van der Waals surface area contributed by atoms with Crippen LogP contribution in [-0.2, 0) is 0 Å². The summed E-state index contributed by atoms with van der Waals surface area (Å²) in [6.45, 7) is 3.99. The maximum absolute atomic E-state index is 5.81. The highest BCUT2D eigenvalue weighted by atomic mass is 79.9. The lowest BCUT2D eigenvalue weighted by molar-refractivity contribution is 0.361. The van der Waals surface area contributed by atoms with Crippen molar-refractivity contribution >= 4 is 39.1 Å². The van der Waals surface area contributed by atoms with Gasteiger partial charge in [-0.1, -0.05) is 35.9 Å². The molecule has 0 radical (unpaired) electrons. The molecule has 0 aromatic heterocycles. The Morgan fingerprint density at radius 2 is 2.00 bits per heavy atom. The first-order valence-electron chi connectivity index (χ1n) is 3.53. The number of benzene rings is 1. The van der Waals surface area contributed by atoms with Gasteiger partial charge in [-0.05, 0) is 22.0 Å². The van der Waals surface area contributed by atoms with Gasteiger partial charge in [0, 0.05) is 6.07 Å². The van der Waals surface area contributed by atoms with E-state index in [1.807, 2.05) is 0 Å². The third-order valence-electron chi connectivity index (χ3n) is 1.33. The number of ether oxygens (including phenoxy) is 1. The molecule has 0 unspecified atom stereocenters.